The quantitative estimate of drug-likeness (QED) is 0.766. The minimum atomic E-state index is -0.233. The summed E-state index contributed by atoms with van der Waals surface area (Å²) in [6.07, 6.45) is 0.0168. The van der Waals surface area contributed by atoms with E-state index in [4.69, 9.17) is 16.0 Å². The fourth-order valence-electron chi connectivity index (χ4n) is 2.02. The van der Waals surface area contributed by atoms with E-state index in [2.05, 4.69) is 15.5 Å². The van der Waals surface area contributed by atoms with E-state index in [-0.39, 0.29) is 18.2 Å². The molecule has 2 aromatic heterocycles. The minimum absolute atomic E-state index is 0.0168. The van der Waals surface area contributed by atoms with Crippen molar-refractivity contribution in [2.75, 3.05) is 5.32 Å². The summed E-state index contributed by atoms with van der Waals surface area (Å²) in [5.41, 5.74) is 2.67. The number of rotatable bonds is 4. The standard InChI is InChI=1S/C16H14ClN3O2S/c1-9-3-4-11(7-12(9)17)18-13(21)8-14-19-20-16(22-14)15-10(2)5-6-23-15/h3-7H,8H2,1-2H3,(H,18,21). The molecule has 0 bridgehead atoms. The van der Waals surface area contributed by atoms with Crippen LogP contribution in [0.3, 0.4) is 0 Å². The van der Waals surface area contributed by atoms with Gasteiger partial charge in [0.1, 0.15) is 6.42 Å². The molecular formula is C16H14ClN3O2S. The van der Waals surface area contributed by atoms with Gasteiger partial charge in [0.15, 0.2) is 0 Å². The summed E-state index contributed by atoms with van der Waals surface area (Å²) in [7, 11) is 0. The van der Waals surface area contributed by atoms with Gasteiger partial charge >= 0.3 is 0 Å². The van der Waals surface area contributed by atoms with Gasteiger partial charge in [-0.1, -0.05) is 17.7 Å². The van der Waals surface area contributed by atoms with Gasteiger partial charge in [-0.25, -0.2) is 0 Å². The lowest BCUT2D eigenvalue weighted by molar-refractivity contribution is -0.115. The first kappa shape index (κ1) is 15.7. The molecule has 1 aromatic carbocycles. The molecule has 0 spiro atoms. The molecule has 7 heteroatoms. The van der Waals surface area contributed by atoms with Crippen LogP contribution in [0.15, 0.2) is 34.1 Å². The molecule has 5 nitrogen and oxygen atoms in total. The van der Waals surface area contributed by atoms with Crippen LogP contribution in [0.4, 0.5) is 5.69 Å². The fraction of sp³-hybridized carbons (Fsp3) is 0.188. The summed E-state index contributed by atoms with van der Waals surface area (Å²) in [6.45, 7) is 3.88. The van der Waals surface area contributed by atoms with Gasteiger partial charge in [0.2, 0.25) is 11.8 Å². The Hall–Kier alpha value is -2.18. The number of halogens is 1. The van der Waals surface area contributed by atoms with Crippen LogP contribution in [-0.2, 0) is 11.2 Å². The van der Waals surface area contributed by atoms with Crippen molar-refractivity contribution in [3.8, 4) is 10.8 Å². The minimum Gasteiger partial charge on any atom is -0.419 e. The second kappa shape index (κ2) is 6.52. The maximum absolute atomic E-state index is 12.1. The van der Waals surface area contributed by atoms with Crippen LogP contribution in [0.2, 0.25) is 5.02 Å². The molecule has 3 aromatic rings. The Morgan fingerprint density at radius 1 is 1.26 bits per heavy atom. The van der Waals surface area contributed by atoms with Gasteiger partial charge in [-0.05, 0) is 48.6 Å². The SMILES string of the molecule is Cc1ccc(NC(=O)Cc2nnc(-c3sccc3C)o2)cc1Cl. The largest absolute Gasteiger partial charge is 0.419 e. The van der Waals surface area contributed by atoms with Crippen LogP contribution in [-0.4, -0.2) is 16.1 Å². The van der Waals surface area contributed by atoms with Crippen molar-refractivity contribution in [2.45, 2.75) is 20.3 Å². The van der Waals surface area contributed by atoms with Crippen molar-refractivity contribution in [1.29, 1.82) is 0 Å². The van der Waals surface area contributed by atoms with Crippen LogP contribution in [0.5, 0.6) is 0 Å². The summed E-state index contributed by atoms with van der Waals surface area (Å²) >= 11 is 7.57. The van der Waals surface area contributed by atoms with E-state index >= 15 is 0 Å². The van der Waals surface area contributed by atoms with Gasteiger partial charge < -0.3 is 9.73 Å². The number of hydrogen-bond acceptors (Lipinski definition) is 5. The topological polar surface area (TPSA) is 68.0 Å². The highest BCUT2D eigenvalue weighted by Crippen LogP contribution is 2.27. The van der Waals surface area contributed by atoms with Crippen molar-refractivity contribution >= 4 is 34.5 Å². The maximum atomic E-state index is 12.1. The normalized spacial score (nSPS) is 10.7. The van der Waals surface area contributed by atoms with Crippen LogP contribution in [0.25, 0.3) is 10.8 Å². The number of hydrogen-bond donors (Lipinski definition) is 1. The average molecular weight is 348 g/mol. The van der Waals surface area contributed by atoms with Crippen LogP contribution < -0.4 is 5.32 Å². The molecule has 0 aliphatic rings. The Morgan fingerprint density at radius 3 is 2.78 bits per heavy atom. The molecule has 0 atom stereocenters. The molecule has 0 aliphatic carbocycles. The zero-order chi connectivity index (χ0) is 16.4. The molecule has 0 saturated heterocycles. The summed E-state index contributed by atoms with van der Waals surface area (Å²) in [5.74, 6) is 0.491. The lowest BCUT2D eigenvalue weighted by Crippen LogP contribution is -2.14. The molecule has 23 heavy (non-hydrogen) atoms. The Balaban J connectivity index is 1.67. The molecule has 1 amide bonds. The Labute approximate surface area is 142 Å². The van der Waals surface area contributed by atoms with Gasteiger partial charge in [-0.3, -0.25) is 4.79 Å². The van der Waals surface area contributed by atoms with Crippen molar-refractivity contribution in [2.24, 2.45) is 0 Å². The van der Waals surface area contributed by atoms with E-state index in [0.29, 0.717) is 16.6 Å². The van der Waals surface area contributed by atoms with Crippen molar-refractivity contribution in [3.05, 3.63) is 51.7 Å². The number of nitrogens with one attached hydrogen (secondary N) is 1. The van der Waals surface area contributed by atoms with E-state index in [9.17, 15) is 4.79 Å². The molecule has 0 aliphatic heterocycles. The molecule has 118 valence electrons. The number of aromatic nitrogens is 2. The van der Waals surface area contributed by atoms with Gasteiger partial charge in [0.25, 0.3) is 5.89 Å². The highest BCUT2D eigenvalue weighted by molar-refractivity contribution is 7.13. The molecule has 0 unspecified atom stereocenters. The highest BCUT2D eigenvalue weighted by Gasteiger charge is 2.15. The lowest BCUT2D eigenvalue weighted by Gasteiger charge is -2.05. The average Bonchev–Trinajstić information content (AvgIpc) is 3.11. The Morgan fingerprint density at radius 2 is 2.09 bits per heavy atom. The zero-order valence-corrected chi connectivity index (χ0v) is 14.2. The van der Waals surface area contributed by atoms with Gasteiger partial charge in [-0.2, -0.15) is 0 Å². The van der Waals surface area contributed by atoms with Gasteiger partial charge in [0.05, 0.1) is 4.88 Å². The van der Waals surface area contributed by atoms with Crippen molar-refractivity contribution < 1.29 is 9.21 Å². The number of anilines is 1. The number of thiophene rings is 1. The first-order valence-electron chi connectivity index (χ1n) is 6.96. The van der Waals surface area contributed by atoms with E-state index in [1.165, 1.54) is 11.3 Å². The first-order valence-corrected chi connectivity index (χ1v) is 8.21. The molecular weight excluding hydrogens is 334 g/mol. The predicted molar refractivity (Wildman–Crippen MR) is 90.9 cm³/mol. The smallest absolute Gasteiger partial charge is 0.258 e. The molecule has 2 heterocycles. The van der Waals surface area contributed by atoms with E-state index in [0.717, 1.165) is 16.0 Å². The first-order chi connectivity index (χ1) is 11.0. The van der Waals surface area contributed by atoms with Gasteiger partial charge in [0, 0.05) is 10.7 Å². The number of nitrogens with zero attached hydrogens (tertiary/aromatic N) is 2. The number of carbonyl (C=O) groups excluding carboxylic acids is 1. The summed E-state index contributed by atoms with van der Waals surface area (Å²) in [6, 6.07) is 7.34. The van der Waals surface area contributed by atoms with Gasteiger partial charge in [-0.15, -0.1) is 21.5 Å². The van der Waals surface area contributed by atoms with Crippen molar-refractivity contribution in [3.63, 3.8) is 0 Å². The van der Waals surface area contributed by atoms with E-state index in [1.54, 1.807) is 12.1 Å². The second-order valence-electron chi connectivity index (χ2n) is 5.12. The number of aryl methyl sites for hydroxylation is 2. The van der Waals surface area contributed by atoms with Crippen LogP contribution in [0, 0.1) is 13.8 Å². The Kier molecular flexibility index (Phi) is 4.45. The summed E-state index contributed by atoms with van der Waals surface area (Å²) in [5, 5.41) is 13.3. The van der Waals surface area contributed by atoms with Crippen LogP contribution in [0.1, 0.15) is 17.0 Å². The predicted octanol–water partition coefficient (Wildman–Crippen LogP) is 4.25. The molecule has 3 rings (SSSR count). The molecule has 0 fully saturated rings. The molecule has 1 N–H and O–H groups in total. The Bertz CT molecular complexity index is 857. The third-order valence-corrected chi connectivity index (χ3v) is 4.70. The lowest BCUT2D eigenvalue weighted by atomic mass is 10.2. The summed E-state index contributed by atoms with van der Waals surface area (Å²) < 4.78 is 5.56. The van der Waals surface area contributed by atoms with Crippen molar-refractivity contribution in [1.82, 2.24) is 10.2 Å². The number of carbonyl (C=O) groups is 1. The van der Waals surface area contributed by atoms with E-state index in [1.807, 2.05) is 31.4 Å². The third kappa shape index (κ3) is 3.60. The van der Waals surface area contributed by atoms with E-state index < -0.39 is 0 Å². The highest BCUT2D eigenvalue weighted by atomic mass is 35.5. The summed E-state index contributed by atoms with van der Waals surface area (Å²) in [4.78, 5) is 13.0. The number of amides is 1. The monoisotopic (exact) mass is 347 g/mol. The zero-order valence-electron chi connectivity index (χ0n) is 12.6. The second-order valence-corrected chi connectivity index (χ2v) is 6.45. The molecule has 0 saturated carbocycles. The maximum Gasteiger partial charge on any atom is 0.258 e. The third-order valence-electron chi connectivity index (χ3n) is 3.29. The fourth-order valence-corrected chi connectivity index (χ4v) is 3.05. The van der Waals surface area contributed by atoms with Crippen LogP contribution >= 0.6 is 22.9 Å². The number of benzene rings is 1. The molecule has 0 radical (unpaired) electrons.